The lowest BCUT2D eigenvalue weighted by atomic mass is 10.0. The molecule has 2 rings (SSSR count). The summed E-state index contributed by atoms with van der Waals surface area (Å²) in [5.41, 5.74) is 0.149. The molecular formula is C17H24N2O4S2. The maximum Gasteiger partial charge on any atom is 0.237 e. The number of carbonyl (C=O) groups is 2. The van der Waals surface area contributed by atoms with Crippen LogP contribution in [0.3, 0.4) is 0 Å². The molecule has 25 heavy (non-hydrogen) atoms. The van der Waals surface area contributed by atoms with E-state index in [-0.39, 0.29) is 39.7 Å². The molecule has 1 aliphatic heterocycles. The Kier molecular flexibility index (Phi) is 5.83. The molecule has 0 fully saturated rings. The zero-order chi connectivity index (χ0) is 18.8. The molecule has 138 valence electrons. The number of benzene rings is 1. The van der Waals surface area contributed by atoms with Crippen LogP contribution in [0.5, 0.6) is 0 Å². The third-order valence-electron chi connectivity index (χ3n) is 4.20. The number of amides is 2. The van der Waals surface area contributed by atoms with Crippen molar-refractivity contribution in [1.82, 2.24) is 5.32 Å². The van der Waals surface area contributed by atoms with Crippen LogP contribution in [0.1, 0.15) is 40.5 Å². The molecule has 0 saturated carbocycles. The molecule has 0 aliphatic carbocycles. The van der Waals surface area contributed by atoms with E-state index in [4.69, 9.17) is 0 Å². The van der Waals surface area contributed by atoms with Gasteiger partial charge >= 0.3 is 0 Å². The summed E-state index contributed by atoms with van der Waals surface area (Å²) in [6, 6.07) is 4.69. The fourth-order valence-electron chi connectivity index (χ4n) is 2.25. The van der Waals surface area contributed by atoms with Gasteiger partial charge in [0.1, 0.15) is 0 Å². The predicted octanol–water partition coefficient (Wildman–Crippen LogP) is 2.59. The molecule has 0 bridgehead atoms. The van der Waals surface area contributed by atoms with Crippen molar-refractivity contribution in [1.29, 1.82) is 0 Å². The Labute approximate surface area is 153 Å². The average Bonchev–Trinajstić information content (AvgIpc) is 2.53. The van der Waals surface area contributed by atoms with Crippen LogP contribution in [0.2, 0.25) is 0 Å². The highest BCUT2D eigenvalue weighted by Gasteiger charge is 2.26. The number of nitrogens with one attached hydrogen (secondary N) is 2. The topological polar surface area (TPSA) is 92.3 Å². The molecular weight excluding hydrogens is 360 g/mol. The van der Waals surface area contributed by atoms with Gasteiger partial charge in [0, 0.05) is 16.9 Å². The largest absolute Gasteiger partial charge is 0.351 e. The average molecular weight is 385 g/mol. The van der Waals surface area contributed by atoms with Gasteiger partial charge in [-0.2, -0.15) is 0 Å². The monoisotopic (exact) mass is 384 g/mol. The maximum absolute atomic E-state index is 12.5. The lowest BCUT2D eigenvalue weighted by Crippen LogP contribution is -2.43. The number of sulfone groups is 1. The molecule has 0 spiro atoms. The summed E-state index contributed by atoms with van der Waals surface area (Å²) >= 11 is 1.40. The third kappa shape index (κ3) is 4.98. The molecule has 2 amide bonds. The highest BCUT2D eigenvalue weighted by atomic mass is 32.2. The van der Waals surface area contributed by atoms with Crippen LogP contribution < -0.4 is 10.6 Å². The van der Waals surface area contributed by atoms with Crippen molar-refractivity contribution in [2.45, 2.75) is 61.1 Å². The Morgan fingerprint density at radius 2 is 2.04 bits per heavy atom. The standard InChI is InChI=1S/C17H24N2O4S2/c1-5-17(3,4)19-15(20)8-9-25(22,23)12-6-7-14-13(10-12)18-16(21)11(2)24-14/h6-7,10-11H,5,8-9H2,1-4H3,(H,18,21)(H,19,20)/t11-/m1/s1. The SMILES string of the molecule is CCC(C)(C)NC(=O)CCS(=O)(=O)c1ccc2c(c1)NC(=O)[C@@H](C)S2. The third-order valence-corrected chi connectivity index (χ3v) is 7.09. The van der Waals surface area contributed by atoms with Crippen LogP contribution in [0.4, 0.5) is 5.69 Å². The van der Waals surface area contributed by atoms with Gasteiger partial charge in [0.2, 0.25) is 11.8 Å². The van der Waals surface area contributed by atoms with E-state index in [1.54, 1.807) is 13.0 Å². The molecule has 1 aliphatic rings. The molecule has 0 radical (unpaired) electrons. The zero-order valence-electron chi connectivity index (χ0n) is 14.9. The van der Waals surface area contributed by atoms with E-state index in [0.29, 0.717) is 5.69 Å². The molecule has 1 heterocycles. The van der Waals surface area contributed by atoms with E-state index < -0.39 is 9.84 Å². The first-order valence-electron chi connectivity index (χ1n) is 8.19. The van der Waals surface area contributed by atoms with Gasteiger partial charge in [0.25, 0.3) is 0 Å². The quantitative estimate of drug-likeness (QED) is 0.786. The summed E-state index contributed by atoms with van der Waals surface area (Å²) in [6.07, 6.45) is 0.660. The Balaban J connectivity index is 2.09. The van der Waals surface area contributed by atoms with E-state index in [0.717, 1.165) is 11.3 Å². The number of thioether (sulfide) groups is 1. The van der Waals surface area contributed by atoms with Crippen LogP contribution >= 0.6 is 11.8 Å². The fraction of sp³-hybridized carbons (Fsp3) is 0.529. The molecule has 0 saturated heterocycles. The fourth-order valence-corrected chi connectivity index (χ4v) is 4.45. The molecule has 1 atom stereocenters. The van der Waals surface area contributed by atoms with Gasteiger partial charge < -0.3 is 10.6 Å². The Hall–Kier alpha value is -1.54. The van der Waals surface area contributed by atoms with Gasteiger partial charge in [-0.05, 0) is 45.4 Å². The highest BCUT2D eigenvalue weighted by Crippen LogP contribution is 2.36. The minimum Gasteiger partial charge on any atom is -0.351 e. The Morgan fingerprint density at radius 3 is 2.68 bits per heavy atom. The van der Waals surface area contributed by atoms with Crippen molar-refractivity contribution in [3.63, 3.8) is 0 Å². The van der Waals surface area contributed by atoms with E-state index >= 15 is 0 Å². The van der Waals surface area contributed by atoms with E-state index in [1.807, 2.05) is 20.8 Å². The summed E-state index contributed by atoms with van der Waals surface area (Å²) in [7, 11) is -3.60. The van der Waals surface area contributed by atoms with Crippen molar-refractivity contribution in [3.05, 3.63) is 18.2 Å². The Morgan fingerprint density at radius 1 is 1.36 bits per heavy atom. The van der Waals surface area contributed by atoms with Gasteiger partial charge in [0.05, 0.1) is 21.6 Å². The second-order valence-corrected chi connectivity index (χ2v) is 10.3. The van der Waals surface area contributed by atoms with Crippen molar-refractivity contribution in [2.75, 3.05) is 11.1 Å². The van der Waals surface area contributed by atoms with E-state index in [9.17, 15) is 18.0 Å². The first-order valence-corrected chi connectivity index (χ1v) is 10.7. The summed E-state index contributed by atoms with van der Waals surface area (Å²) < 4.78 is 25.0. The number of hydrogen-bond acceptors (Lipinski definition) is 5. The number of carbonyl (C=O) groups excluding carboxylic acids is 2. The number of hydrogen-bond donors (Lipinski definition) is 2. The highest BCUT2D eigenvalue weighted by molar-refractivity contribution is 8.01. The molecule has 1 aromatic rings. The molecule has 0 aromatic heterocycles. The van der Waals surface area contributed by atoms with Gasteiger partial charge in [-0.1, -0.05) is 6.92 Å². The molecule has 8 heteroatoms. The molecule has 0 unspecified atom stereocenters. The van der Waals surface area contributed by atoms with E-state index in [1.165, 1.54) is 23.9 Å². The zero-order valence-corrected chi connectivity index (χ0v) is 16.5. The summed E-state index contributed by atoms with van der Waals surface area (Å²) in [6.45, 7) is 7.54. The summed E-state index contributed by atoms with van der Waals surface area (Å²) in [5.74, 6) is -0.700. The summed E-state index contributed by atoms with van der Waals surface area (Å²) in [4.78, 5) is 24.7. The normalized spacial score (nSPS) is 17.6. The first kappa shape index (κ1) is 19.8. The predicted molar refractivity (Wildman–Crippen MR) is 99.6 cm³/mol. The maximum atomic E-state index is 12.5. The van der Waals surface area contributed by atoms with Gasteiger partial charge in [-0.15, -0.1) is 11.8 Å². The van der Waals surface area contributed by atoms with Crippen LogP contribution in [0.15, 0.2) is 28.0 Å². The second-order valence-electron chi connectivity index (χ2n) is 6.76. The van der Waals surface area contributed by atoms with Crippen LogP contribution in [0.25, 0.3) is 0 Å². The van der Waals surface area contributed by atoms with E-state index in [2.05, 4.69) is 10.6 Å². The smallest absolute Gasteiger partial charge is 0.237 e. The minimum atomic E-state index is -3.60. The Bertz CT molecular complexity index is 788. The number of rotatable bonds is 6. The van der Waals surface area contributed by atoms with Crippen molar-refractivity contribution < 1.29 is 18.0 Å². The lowest BCUT2D eigenvalue weighted by molar-refractivity contribution is -0.122. The van der Waals surface area contributed by atoms with Crippen LogP contribution in [0, 0.1) is 0 Å². The van der Waals surface area contributed by atoms with Crippen LogP contribution in [-0.2, 0) is 19.4 Å². The van der Waals surface area contributed by atoms with Gasteiger partial charge in [0.15, 0.2) is 9.84 Å². The van der Waals surface area contributed by atoms with Crippen molar-refractivity contribution >= 4 is 39.1 Å². The van der Waals surface area contributed by atoms with Gasteiger partial charge in [-0.25, -0.2) is 8.42 Å². The number of anilines is 1. The molecule has 6 nitrogen and oxygen atoms in total. The molecule has 1 aromatic carbocycles. The lowest BCUT2D eigenvalue weighted by Gasteiger charge is -2.24. The van der Waals surface area contributed by atoms with Crippen molar-refractivity contribution in [2.24, 2.45) is 0 Å². The minimum absolute atomic E-state index is 0.0962. The summed E-state index contributed by atoms with van der Waals surface area (Å²) in [5, 5.41) is 5.34. The second kappa shape index (κ2) is 7.37. The molecule has 2 N–H and O–H groups in total. The van der Waals surface area contributed by atoms with Gasteiger partial charge in [-0.3, -0.25) is 9.59 Å². The number of fused-ring (bicyclic) bond motifs is 1. The van der Waals surface area contributed by atoms with Crippen molar-refractivity contribution in [3.8, 4) is 0 Å². The first-order chi connectivity index (χ1) is 11.5. The van der Waals surface area contributed by atoms with Crippen LogP contribution in [-0.4, -0.2) is 36.8 Å².